The molecule has 154 valence electrons. The summed E-state index contributed by atoms with van der Waals surface area (Å²) in [5, 5.41) is 2.98. The van der Waals surface area contributed by atoms with E-state index in [0.29, 0.717) is 6.54 Å². The molecule has 27 heavy (non-hydrogen) atoms. The molecule has 0 spiro atoms. The third-order valence-electron chi connectivity index (χ3n) is 4.74. The van der Waals surface area contributed by atoms with E-state index in [1.807, 2.05) is 30.5 Å². The molecule has 0 unspecified atom stereocenters. The predicted octanol–water partition coefficient (Wildman–Crippen LogP) is 6.47. The molecule has 1 rings (SSSR count). The van der Waals surface area contributed by atoms with Crippen molar-refractivity contribution in [2.75, 3.05) is 26.0 Å². The van der Waals surface area contributed by atoms with E-state index < -0.39 is 0 Å². The molecule has 0 radical (unpaired) electrons. The van der Waals surface area contributed by atoms with Gasteiger partial charge in [0.15, 0.2) is 0 Å². The third kappa shape index (κ3) is 12.1. The summed E-state index contributed by atoms with van der Waals surface area (Å²) in [5.41, 5.74) is 0.760. The number of carbonyl (C=O) groups is 1. The van der Waals surface area contributed by atoms with E-state index in [2.05, 4.69) is 12.2 Å². The van der Waals surface area contributed by atoms with E-state index in [9.17, 15) is 4.79 Å². The molecular formula is C23H39NO2S. The Morgan fingerprint density at radius 2 is 1.48 bits per heavy atom. The second kappa shape index (κ2) is 17.1. The van der Waals surface area contributed by atoms with Crippen LogP contribution in [0, 0.1) is 0 Å². The highest BCUT2D eigenvalue weighted by Crippen LogP contribution is 2.19. The van der Waals surface area contributed by atoms with Crippen LogP contribution in [0.4, 0.5) is 0 Å². The van der Waals surface area contributed by atoms with Crippen molar-refractivity contribution in [1.29, 1.82) is 0 Å². The van der Waals surface area contributed by atoms with Gasteiger partial charge < -0.3 is 10.1 Å². The van der Waals surface area contributed by atoms with Gasteiger partial charge in [-0.25, -0.2) is 0 Å². The maximum Gasteiger partial charge on any atom is 0.252 e. The van der Waals surface area contributed by atoms with Gasteiger partial charge in [-0.1, -0.05) is 76.8 Å². The normalized spacial score (nSPS) is 10.9. The molecule has 0 fully saturated rings. The van der Waals surface area contributed by atoms with Crippen molar-refractivity contribution in [1.82, 2.24) is 5.32 Å². The van der Waals surface area contributed by atoms with Crippen LogP contribution >= 0.6 is 11.8 Å². The number of amides is 1. The minimum atomic E-state index is 0.00893. The lowest BCUT2D eigenvalue weighted by Gasteiger charge is -2.09. The molecule has 0 aliphatic heterocycles. The largest absolute Gasteiger partial charge is 0.381 e. The van der Waals surface area contributed by atoms with Crippen molar-refractivity contribution in [3.8, 4) is 0 Å². The number of carbonyl (C=O) groups excluding carboxylic acids is 1. The highest BCUT2D eigenvalue weighted by molar-refractivity contribution is 7.98. The van der Waals surface area contributed by atoms with Gasteiger partial charge in [-0.15, -0.1) is 11.8 Å². The zero-order valence-corrected chi connectivity index (χ0v) is 18.3. The van der Waals surface area contributed by atoms with Crippen molar-refractivity contribution < 1.29 is 9.53 Å². The molecule has 1 N–H and O–H groups in total. The van der Waals surface area contributed by atoms with Crippen LogP contribution < -0.4 is 5.32 Å². The van der Waals surface area contributed by atoms with Crippen LogP contribution in [0.5, 0.6) is 0 Å². The van der Waals surface area contributed by atoms with E-state index in [-0.39, 0.29) is 5.91 Å². The lowest BCUT2D eigenvalue weighted by Crippen LogP contribution is -2.25. The Morgan fingerprint density at radius 3 is 2.15 bits per heavy atom. The summed E-state index contributed by atoms with van der Waals surface area (Å²) in [4.78, 5) is 13.2. The first-order valence-electron chi connectivity index (χ1n) is 10.8. The van der Waals surface area contributed by atoms with Crippen LogP contribution in [0.1, 0.15) is 87.9 Å². The Balaban J connectivity index is 1.88. The Labute approximate surface area is 171 Å². The number of hydrogen-bond donors (Lipinski definition) is 1. The van der Waals surface area contributed by atoms with E-state index >= 15 is 0 Å². The molecule has 0 atom stereocenters. The molecular weight excluding hydrogens is 354 g/mol. The number of rotatable bonds is 17. The van der Waals surface area contributed by atoms with Crippen molar-refractivity contribution in [2.45, 2.75) is 82.4 Å². The fourth-order valence-electron chi connectivity index (χ4n) is 3.10. The van der Waals surface area contributed by atoms with Crippen molar-refractivity contribution in [2.24, 2.45) is 0 Å². The topological polar surface area (TPSA) is 38.3 Å². The summed E-state index contributed by atoms with van der Waals surface area (Å²) in [7, 11) is 0. The third-order valence-corrected chi connectivity index (χ3v) is 5.54. The molecule has 1 aromatic carbocycles. The molecule has 3 nitrogen and oxygen atoms in total. The van der Waals surface area contributed by atoms with Crippen molar-refractivity contribution in [3.05, 3.63) is 29.8 Å². The van der Waals surface area contributed by atoms with E-state index in [0.717, 1.165) is 36.5 Å². The smallest absolute Gasteiger partial charge is 0.252 e. The van der Waals surface area contributed by atoms with Crippen LogP contribution in [0.15, 0.2) is 29.2 Å². The summed E-state index contributed by atoms with van der Waals surface area (Å²) in [5.74, 6) is 0.00893. The number of thioether (sulfide) groups is 1. The van der Waals surface area contributed by atoms with Gasteiger partial charge in [0, 0.05) is 24.7 Å². The quantitative estimate of drug-likeness (QED) is 0.244. The van der Waals surface area contributed by atoms with Crippen LogP contribution in [0.25, 0.3) is 0 Å². The molecule has 1 aromatic rings. The SMILES string of the molecule is CCCCCCCCCCCCOCCCNC(=O)c1ccccc1SC. The summed E-state index contributed by atoms with van der Waals surface area (Å²) >= 11 is 1.60. The minimum Gasteiger partial charge on any atom is -0.381 e. The lowest BCUT2D eigenvalue weighted by molar-refractivity contribution is 0.0937. The average molecular weight is 394 g/mol. The second-order valence-corrected chi connectivity index (χ2v) is 7.95. The zero-order chi connectivity index (χ0) is 19.6. The highest BCUT2D eigenvalue weighted by Gasteiger charge is 2.09. The monoisotopic (exact) mass is 393 g/mol. The summed E-state index contributed by atoms with van der Waals surface area (Å²) < 4.78 is 5.68. The lowest BCUT2D eigenvalue weighted by atomic mass is 10.1. The second-order valence-electron chi connectivity index (χ2n) is 7.10. The van der Waals surface area contributed by atoms with E-state index in [4.69, 9.17) is 4.74 Å². The number of nitrogens with one attached hydrogen (secondary N) is 1. The van der Waals surface area contributed by atoms with Gasteiger partial charge in [-0.05, 0) is 31.2 Å². The van der Waals surface area contributed by atoms with Crippen LogP contribution in [-0.4, -0.2) is 31.9 Å². The highest BCUT2D eigenvalue weighted by atomic mass is 32.2. The maximum atomic E-state index is 12.2. The van der Waals surface area contributed by atoms with Crippen LogP contribution in [0.2, 0.25) is 0 Å². The van der Waals surface area contributed by atoms with Gasteiger partial charge >= 0.3 is 0 Å². The Hall–Kier alpha value is -1.00. The Kier molecular flexibility index (Phi) is 15.2. The summed E-state index contributed by atoms with van der Waals surface area (Å²) in [6.07, 6.45) is 16.3. The van der Waals surface area contributed by atoms with Gasteiger partial charge in [0.2, 0.25) is 0 Å². The van der Waals surface area contributed by atoms with Gasteiger partial charge in [-0.3, -0.25) is 4.79 Å². The molecule has 0 saturated carbocycles. The average Bonchev–Trinajstić information content (AvgIpc) is 2.70. The Morgan fingerprint density at radius 1 is 0.889 bits per heavy atom. The maximum absolute atomic E-state index is 12.2. The van der Waals surface area contributed by atoms with Crippen molar-refractivity contribution in [3.63, 3.8) is 0 Å². The molecule has 0 heterocycles. The van der Waals surface area contributed by atoms with Crippen molar-refractivity contribution >= 4 is 17.7 Å². The van der Waals surface area contributed by atoms with Gasteiger partial charge in [0.05, 0.1) is 5.56 Å². The van der Waals surface area contributed by atoms with E-state index in [1.54, 1.807) is 11.8 Å². The molecule has 0 aliphatic carbocycles. The number of hydrogen-bond acceptors (Lipinski definition) is 3. The standard InChI is InChI=1S/C23H39NO2S/c1-3-4-5-6-7-8-9-10-11-14-19-26-20-15-18-24-23(25)21-16-12-13-17-22(21)27-2/h12-13,16-17H,3-11,14-15,18-20H2,1-2H3,(H,24,25). The number of ether oxygens (including phenoxy) is 1. The summed E-state index contributed by atoms with van der Waals surface area (Å²) in [6, 6.07) is 7.73. The molecule has 4 heteroatoms. The first-order chi connectivity index (χ1) is 13.3. The van der Waals surface area contributed by atoms with Crippen LogP contribution in [0.3, 0.4) is 0 Å². The van der Waals surface area contributed by atoms with Gasteiger partial charge in [0.25, 0.3) is 5.91 Å². The summed E-state index contributed by atoms with van der Waals surface area (Å²) in [6.45, 7) is 4.51. The first-order valence-corrected chi connectivity index (χ1v) is 12.0. The first kappa shape index (κ1) is 24.0. The molecule has 0 aromatic heterocycles. The molecule has 0 aliphatic rings. The van der Waals surface area contributed by atoms with Gasteiger partial charge in [-0.2, -0.15) is 0 Å². The molecule has 1 amide bonds. The van der Waals surface area contributed by atoms with E-state index in [1.165, 1.54) is 57.8 Å². The fraction of sp³-hybridized carbons (Fsp3) is 0.696. The number of unbranched alkanes of at least 4 members (excludes halogenated alkanes) is 9. The zero-order valence-electron chi connectivity index (χ0n) is 17.4. The minimum absolute atomic E-state index is 0.00893. The predicted molar refractivity (Wildman–Crippen MR) is 118 cm³/mol. The Bertz CT molecular complexity index is 493. The fourth-order valence-corrected chi connectivity index (χ4v) is 3.69. The molecule has 0 bridgehead atoms. The van der Waals surface area contributed by atoms with Crippen LogP contribution in [-0.2, 0) is 4.74 Å². The number of benzene rings is 1. The van der Waals surface area contributed by atoms with Gasteiger partial charge in [0.1, 0.15) is 0 Å². The molecule has 0 saturated heterocycles.